The van der Waals surface area contributed by atoms with E-state index in [0.29, 0.717) is 12.0 Å². The largest absolute Gasteiger partial charge is 0.464 e. The second-order valence-corrected chi connectivity index (χ2v) is 3.69. The van der Waals surface area contributed by atoms with E-state index in [0.717, 1.165) is 17.9 Å². The van der Waals surface area contributed by atoms with E-state index in [4.69, 9.17) is 4.42 Å². The van der Waals surface area contributed by atoms with Gasteiger partial charge in [0.15, 0.2) is 0 Å². The molecule has 0 saturated heterocycles. The number of furan rings is 1. The minimum absolute atomic E-state index is 0.425. The van der Waals surface area contributed by atoms with Crippen molar-refractivity contribution in [1.82, 2.24) is 5.32 Å². The summed E-state index contributed by atoms with van der Waals surface area (Å²) in [6.07, 6.45) is 1.15. The summed E-state index contributed by atoms with van der Waals surface area (Å²) in [4.78, 5) is 0. The molecule has 0 bridgehead atoms. The lowest BCUT2D eigenvalue weighted by Crippen LogP contribution is -2.19. The summed E-state index contributed by atoms with van der Waals surface area (Å²) < 4.78 is 5.64. The zero-order valence-electron chi connectivity index (χ0n) is 7.85. The van der Waals surface area contributed by atoms with Gasteiger partial charge in [0.05, 0.1) is 6.04 Å². The van der Waals surface area contributed by atoms with Gasteiger partial charge in [-0.2, -0.15) is 0 Å². The molecule has 0 saturated carbocycles. The summed E-state index contributed by atoms with van der Waals surface area (Å²) >= 11 is 0. The second-order valence-electron chi connectivity index (χ2n) is 3.69. The van der Waals surface area contributed by atoms with Crippen LogP contribution >= 0.6 is 0 Å². The zero-order valence-corrected chi connectivity index (χ0v) is 7.85. The predicted octanol–water partition coefficient (Wildman–Crippen LogP) is 2.04. The maximum atomic E-state index is 5.64. The van der Waals surface area contributed by atoms with Gasteiger partial charge in [0.25, 0.3) is 0 Å². The molecule has 0 spiro atoms. The van der Waals surface area contributed by atoms with Crippen molar-refractivity contribution in [3.8, 4) is 0 Å². The van der Waals surface area contributed by atoms with Crippen molar-refractivity contribution in [3.63, 3.8) is 0 Å². The van der Waals surface area contributed by atoms with Crippen LogP contribution < -0.4 is 5.32 Å². The van der Waals surface area contributed by atoms with Gasteiger partial charge in [-0.15, -0.1) is 0 Å². The standard InChI is InChI=1S/C10H15NO/c1-6-4-8-5-7(2)12-10(8)9(6)11-3/h5-6,9,11H,4H2,1-3H3. The summed E-state index contributed by atoms with van der Waals surface area (Å²) in [5.41, 5.74) is 1.39. The molecule has 0 radical (unpaired) electrons. The molecule has 2 nitrogen and oxygen atoms in total. The van der Waals surface area contributed by atoms with Crippen molar-refractivity contribution in [2.45, 2.75) is 26.3 Å². The minimum Gasteiger partial charge on any atom is -0.464 e. The number of aryl methyl sites for hydroxylation is 1. The van der Waals surface area contributed by atoms with E-state index in [1.165, 1.54) is 5.56 Å². The fourth-order valence-corrected chi connectivity index (χ4v) is 2.15. The molecule has 2 heteroatoms. The minimum atomic E-state index is 0.425. The predicted molar refractivity (Wildman–Crippen MR) is 48.1 cm³/mol. The zero-order chi connectivity index (χ0) is 8.72. The Kier molecular flexibility index (Phi) is 1.72. The van der Waals surface area contributed by atoms with Crippen LogP contribution in [0.5, 0.6) is 0 Å². The molecule has 1 aromatic heterocycles. The summed E-state index contributed by atoms with van der Waals surface area (Å²) in [7, 11) is 1.99. The van der Waals surface area contributed by atoms with Gasteiger partial charge in [-0.25, -0.2) is 0 Å². The third-order valence-electron chi connectivity index (χ3n) is 2.67. The number of hydrogen-bond donors (Lipinski definition) is 1. The molecule has 2 atom stereocenters. The Morgan fingerprint density at radius 3 is 3.00 bits per heavy atom. The fourth-order valence-electron chi connectivity index (χ4n) is 2.15. The van der Waals surface area contributed by atoms with E-state index >= 15 is 0 Å². The fraction of sp³-hybridized carbons (Fsp3) is 0.600. The molecule has 0 fully saturated rings. The molecule has 0 aliphatic heterocycles. The van der Waals surface area contributed by atoms with Crippen LogP contribution in [0.4, 0.5) is 0 Å². The van der Waals surface area contributed by atoms with Crippen LogP contribution in [0.1, 0.15) is 30.0 Å². The number of rotatable bonds is 1. The first-order valence-corrected chi connectivity index (χ1v) is 4.49. The van der Waals surface area contributed by atoms with Crippen molar-refractivity contribution in [2.24, 2.45) is 5.92 Å². The monoisotopic (exact) mass is 165 g/mol. The van der Waals surface area contributed by atoms with Gasteiger partial charge in [-0.3, -0.25) is 0 Å². The van der Waals surface area contributed by atoms with E-state index in [1.54, 1.807) is 0 Å². The first-order valence-electron chi connectivity index (χ1n) is 4.49. The van der Waals surface area contributed by atoms with Crippen molar-refractivity contribution in [3.05, 3.63) is 23.2 Å². The lowest BCUT2D eigenvalue weighted by atomic mass is 10.1. The van der Waals surface area contributed by atoms with Crippen molar-refractivity contribution < 1.29 is 4.42 Å². The van der Waals surface area contributed by atoms with Crippen molar-refractivity contribution >= 4 is 0 Å². The second kappa shape index (κ2) is 2.63. The Morgan fingerprint density at radius 1 is 1.58 bits per heavy atom. The van der Waals surface area contributed by atoms with Crippen molar-refractivity contribution in [2.75, 3.05) is 7.05 Å². The molecule has 0 aromatic carbocycles. The highest BCUT2D eigenvalue weighted by atomic mass is 16.3. The Bertz CT molecular complexity index is 290. The Balaban J connectivity index is 2.38. The van der Waals surface area contributed by atoms with Crippen LogP contribution in [0.25, 0.3) is 0 Å². The Morgan fingerprint density at radius 2 is 2.33 bits per heavy atom. The van der Waals surface area contributed by atoms with Gasteiger partial charge in [-0.1, -0.05) is 6.92 Å². The first-order chi connectivity index (χ1) is 5.72. The van der Waals surface area contributed by atoms with Gasteiger partial charge in [0, 0.05) is 0 Å². The average Bonchev–Trinajstić information content (AvgIpc) is 2.43. The number of hydrogen-bond acceptors (Lipinski definition) is 2. The van der Waals surface area contributed by atoms with Crippen molar-refractivity contribution in [1.29, 1.82) is 0 Å². The van der Waals surface area contributed by atoms with Crippen LogP contribution in [0.2, 0.25) is 0 Å². The van der Waals surface area contributed by atoms with E-state index in [-0.39, 0.29) is 0 Å². The molecular weight excluding hydrogens is 150 g/mol. The Hall–Kier alpha value is -0.760. The van der Waals surface area contributed by atoms with Gasteiger partial charge in [-0.05, 0) is 37.9 Å². The Labute approximate surface area is 73.0 Å². The maximum Gasteiger partial charge on any atom is 0.124 e. The van der Waals surface area contributed by atoms with Gasteiger partial charge >= 0.3 is 0 Å². The molecule has 1 heterocycles. The molecule has 2 unspecified atom stereocenters. The molecular formula is C10H15NO. The summed E-state index contributed by atoms with van der Waals surface area (Å²) in [5.74, 6) is 2.86. The quantitative estimate of drug-likeness (QED) is 0.689. The molecule has 12 heavy (non-hydrogen) atoms. The molecule has 1 aromatic rings. The normalized spacial score (nSPS) is 27.6. The third kappa shape index (κ3) is 0.985. The molecule has 2 rings (SSSR count). The van der Waals surface area contributed by atoms with E-state index < -0.39 is 0 Å². The molecule has 66 valence electrons. The summed E-state index contributed by atoms with van der Waals surface area (Å²) in [6.45, 7) is 4.27. The van der Waals surface area contributed by atoms with Crippen LogP contribution in [0, 0.1) is 12.8 Å². The average molecular weight is 165 g/mol. The molecule has 1 N–H and O–H groups in total. The maximum absolute atomic E-state index is 5.64. The first kappa shape index (κ1) is 7.87. The SMILES string of the molecule is CNC1c2oc(C)cc2CC1C. The smallest absolute Gasteiger partial charge is 0.124 e. The third-order valence-corrected chi connectivity index (χ3v) is 2.67. The number of fused-ring (bicyclic) bond motifs is 1. The van der Waals surface area contributed by atoms with Crippen LogP contribution in [-0.4, -0.2) is 7.05 Å². The van der Waals surface area contributed by atoms with Crippen LogP contribution in [0.15, 0.2) is 10.5 Å². The van der Waals surface area contributed by atoms with Crippen LogP contribution in [0.3, 0.4) is 0 Å². The number of nitrogens with one attached hydrogen (secondary N) is 1. The van der Waals surface area contributed by atoms with Gasteiger partial charge in [0.2, 0.25) is 0 Å². The van der Waals surface area contributed by atoms with E-state index in [2.05, 4.69) is 18.3 Å². The lowest BCUT2D eigenvalue weighted by Gasteiger charge is -2.13. The topological polar surface area (TPSA) is 25.2 Å². The molecule has 1 aliphatic rings. The van der Waals surface area contributed by atoms with Gasteiger partial charge in [0.1, 0.15) is 11.5 Å². The molecule has 0 amide bonds. The summed E-state index contributed by atoms with van der Waals surface area (Å²) in [6, 6.07) is 2.58. The van der Waals surface area contributed by atoms with Crippen LogP contribution in [-0.2, 0) is 6.42 Å². The molecule has 1 aliphatic carbocycles. The highest BCUT2D eigenvalue weighted by Crippen LogP contribution is 2.37. The lowest BCUT2D eigenvalue weighted by molar-refractivity contribution is 0.366. The van der Waals surface area contributed by atoms with E-state index in [1.807, 2.05) is 14.0 Å². The highest BCUT2D eigenvalue weighted by molar-refractivity contribution is 5.29. The van der Waals surface area contributed by atoms with Gasteiger partial charge < -0.3 is 9.73 Å². The summed E-state index contributed by atoms with van der Waals surface area (Å²) in [5, 5.41) is 3.29. The van der Waals surface area contributed by atoms with E-state index in [9.17, 15) is 0 Å². The highest BCUT2D eigenvalue weighted by Gasteiger charge is 2.31.